The molecule has 1 aromatic rings. The van der Waals surface area contributed by atoms with Crippen LogP contribution >= 0.6 is 15.9 Å². The van der Waals surface area contributed by atoms with Crippen molar-refractivity contribution >= 4 is 33.3 Å². The molecule has 21 heavy (non-hydrogen) atoms. The number of hydrogen-bond acceptors (Lipinski definition) is 4. The zero-order chi connectivity index (χ0) is 15.0. The van der Waals surface area contributed by atoms with E-state index in [1.54, 1.807) is 11.0 Å². The summed E-state index contributed by atoms with van der Waals surface area (Å²) in [6.45, 7) is 6.45. The molecule has 2 heterocycles. The highest BCUT2D eigenvalue weighted by molar-refractivity contribution is 9.10. The second-order valence-corrected chi connectivity index (χ2v) is 6.27. The minimum absolute atomic E-state index is 0.406. The van der Waals surface area contributed by atoms with Crippen molar-refractivity contribution in [3.8, 4) is 0 Å². The van der Waals surface area contributed by atoms with E-state index in [0.29, 0.717) is 12.1 Å². The Labute approximate surface area is 132 Å². The average Bonchev–Trinajstić information content (AvgIpc) is 2.71. The minimum atomic E-state index is -0.417. The van der Waals surface area contributed by atoms with Gasteiger partial charge in [-0.3, -0.25) is 14.5 Å². The van der Waals surface area contributed by atoms with E-state index in [2.05, 4.69) is 20.8 Å². The van der Waals surface area contributed by atoms with Gasteiger partial charge in [0.2, 0.25) is 0 Å². The maximum absolute atomic E-state index is 12.2. The number of halogens is 1. The Balaban J connectivity index is 1.80. The standard InChI is InChI=1S/C15H17BrN2O3/c1-10-8-11(16)9-12-13(10)18(15(20)14(12)19)3-2-17-4-6-21-7-5-17/h8-9H,2-7H2,1H3. The molecule has 2 aliphatic heterocycles. The summed E-state index contributed by atoms with van der Waals surface area (Å²) in [5.74, 6) is -0.823. The Morgan fingerprint density at radius 2 is 1.90 bits per heavy atom. The fourth-order valence-electron chi connectivity index (χ4n) is 2.89. The van der Waals surface area contributed by atoms with Crippen LogP contribution in [0.25, 0.3) is 0 Å². The summed E-state index contributed by atoms with van der Waals surface area (Å²) in [7, 11) is 0. The molecule has 2 aliphatic rings. The first-order valence-corrected chi connectivity index (χ1v) is 7.83. The third-order valence-electron chi connectivity index (χ3n) is 3.96. The van der Waals surface area contributed by atoms with Crippen molar-refractivity contribution in [1.82, 2.24) is 4.90 Å². The predicted molar refractivity (Wildman–Crippen MR) is 82.8 cm³/mol. The Morgan fingerprint density at radius 1 is 1.19 bits per heavy atom. The lowest BCUT2D eigenvalue weighted by Crippen LogP contribution is -2.42. The number of benzene rings is 1. The second-order valence-electron chi connectivity index (χ2n) is 5.36. The number of rotatable bonds is 3. The summed E-state index contributed by atoms with van der Waals surface area (Å²) in [5.41, 5.74) is 2.22. The van der Waals surface area contributed by atoms with Gasteiger partial charge < -0.3 is 9.64 Å². The number of ketones is 1. The van der Waals surface area contributed by atoms with Crippen molar-refractivity contribution in [2.45, 2.75) is 6.92 Å². The van der Waals surface area contributed by atoms with Gasteiger partial charge in [-0.1, -0.05) is 15.9 Å². The lowest BCUT2D eigenvalue weighted by Gasteiger charge is -2.28. The number of aryl methyl sites for hydroxylation is 1. The minimum Gasteiger partial charge on any atom is -0.379 e. The molecular formula is C15H17BrN2O3. The van der Waals surface area contributed by atoms with E-state index in [4.69, 9.17) is 4.74 Å². The van der Waals surface area contributed by atoms with Crippen LogP contribution in [0.5, 0.6) is 0 Å². The second kappa shape index (κ2) is 5.87. The summed E-state index contributed by atoms with van der Waals surface area (Å²) < 4.78 is 6.15. The van der Waals surface area contributed by atoms with Crippen LogP contribution in [0.3, 0.4) is 0 Å². The zero-order valence-corrected chi connectivity index (χ0v) is 13.5. The molecule has 0 bridgehead atoms. The lowest BCUT2D eigenvalue weighted by molar-refractivity contribution is -0.114. The van der Waals surface area contributed by atoms with Gasteiger partial charge in [0.05, 0.1) is 24.5 Å². The van der Waals surface area contributed by atoms with E-state index in [0.717, 1.165) is 48.6 Å². The highest BCUT2D eigenvalue weighted by Gasteiger charge is 2.37. The van der Waals surface area contributed by atoms with E-state index in [1.807, 2.05) is 13.0 Å². The number of anilines is 1. The number of carbonyl (C=O) groups is 2. The van der Waals surface area contributed by atoms with Gasteiger partial charge in [0.1, 0.15) is 0 Å². The molecule has 0 radical (unpaired) electrons. The van der Waals surface area contributed by atoms with Gasteiger partial charge >= 0.3 is 0 Å². The number of carbonyl (C=O) groups excluding carboxylic acids is 2. The molecule has 0 spiro atoms. The van der Waals surface area contributed by atoms with E-state index < -0.39 is 11.7 Å². The molecule has 0 saturated carbocycles. The van der Waals surface area contributed by atoms with Gasteiger partial charge in [0.25, 0.3) is 11.7 Å². The van der Waals surface area contributed by atoms with Gasteiger partial charge in [-0.15, -0.1) is 0 Å². The normalized spacial score (nSPS) is 19.2. The first-order chi connectivity index (χ1) is 10.1. The van der Waals surface area contributed by atoms with Crippen LogP contribution in [0, 0.1) is 6.92 Å². The fourth-order valence-corrected chi connectivity index (χ4v) is 3.46. The summed E-state index contributed by atoms with van der Waals surface area (Å²) in [4.78, 5) is 28.2. The predicted octanol–water partition coefficient (Wildman–Crippen LogP) is 1.62. The molecular weight excluding hydrogens is 336 g/mol. The fraction of sp³-hybridized carbons (Fsp3) is 0.467. The lowest BCUT2D eigenvalue weighted by atomic mass is 10.1. The Kier molecular flexibility index (Phi) is 4.10. The SMILES string of the molecule is Cc1cc(Br)cc2c1N(CCN1CCOCC1)C(=O)C2=O. The monoisotopic (exact) mass is 352 g/mol. The number of ether oxygens (including phenoxy) is 1. The zero-order valence-electron chi connectivity index (χ0n) is 11.9. The van der Waals surface area contributed by atoms with Crippen LogP contribution in [-0.2, 0) is 9.53 Å². The number of amides is 1. The molecule has 3 rings (SSSR count). The van der Waals surface area contributed by atoms with Crippen molar-refractivity contribution < 1.29 is 14.3 Å². The summed E-state index contributed by atoms with van der Waals surface area (Å²) in [6.07, 6.45) is 0. The molecule has 1 aromatic carbocycles. The van der Waals surface area contributed by atoms with E-state index >= 15 is 0 Å². The number of nitrogens with zero attached hydrogens (tertiary/aromatic N) is 2. The molecule has 0 N–H and O–H groups in total. The van der Waals surface area contributed by atoms with Crippen LogP contribution in [-0.4, -0.2) is 56.0 Å². The van der Waals surface area contributed by atoms with Crippen molar-refractivity contribution in [3.63, 3.8) is 0 Å². The summed E-state index contributed by atoms with van der Waals surface area (Å²) in [6, 6.07) is 3.67. The van der Waals surface area contributed by atoms with Crippen LogP contribution in [0.15, 0.2) is 16.6 Å². The van der Waals surface area contributed by atoms with E-state index in [1.165, 1.54) is 0 Å². The maximum atomic E-state index is 12.2. The molecule has 6 heteroatoms. The molecule has 1 fully saturated rings. The summed E-state index contributed by atoms with van der Waals surface area (Å²) >= 11 is 3.38. The molecule has 5 nitrogen and oxygen atoms in total. The molecule has 112 valence electrons. The van der Waals surface area contributed by atoms with Crippen LogP contribution in [0.1, 0.15) is 15.9 Å². The van der Waals surface area contributed by atoms with Crippen LogP contribution in [0.2, 0.25) is 0 Å². The Bertz CT molecular complexity index is 597. The largest absolute Gasteiger partial charge is 0.379 e. The van der Waals surface area contributed by atoms with Gasteiger partial charge in [0.15, 0.2) is 0 Å². The Morgan fingerprint density at radius 3 is 2.62 bits per heavy atom. The molecule has 0 atom stereocenters. The van der Waals surface area contributed by atoms with Gasteiger partial charge in [-0.05, 0) is 24.6 Å². The highest BCUT2D eigenvalue weighted by Crippen LogP contribution is 2.34. The number of Topliss-reactive ketones (excluding diaryl/α,β-unsaturated/α-hetero) is 1. The van der Waals surface area contributed by atoms with E-state index in [9.17, 15) is 9.59 Å². The molecule has 1 amide bonds. The quantitative estimate of drug-likeness (QED) is 0.775. The van der Waals surface area contributed by atoms with Crippen LogP contribution < -0.4 is 4.90 Å². The van der Waals surface area contributed by atoms with Gasteiger partial charge in [0, 0.05) is 30.7 Å². The topological polar surface area (TPSA) is 49.9 Å². The van der Waals surface area contributed by atoms with Crippen molar-refractivity contribution in [2.75, 3.05) is 44.3 Å². The average molecular weight is 353 g/mol. The first kappa shape index (κ1) is 14.7. The highest BCUT2D eigenvalue weighted by atomic mass is 79.9. The molecule has 0 unspecified atom stereocenters. The summed E-state index contributed by atoms with van der Waals surface area (Å²) in [5, 5.41) is 0. The molecule has 0 aromatic heterocycles. The first-order valence-electron chi connectivity index (χ1n) is 7.04. The molecule has 0 aliphatic carbocycles. The number of morpholine rings is 1. The van der Waals surface area contributed by atoms with E-state index in [-0.39, 0.29) is 0 Å². The third-order valence-corrected chi connectivity index (χ3v) is 4.42. The Hall–Kier alpha value is -1.24. The van der Waals surface area contributed by atoms with Gasteiger partial charge in [-0.2, -0.15) is 0 Å². The third kappa shape index (κ3) is 2.75. The van der Waals surface area contributed by atoms with Gasteiger partial charge in [-0.25, -0.2) is 0 Å². The van der Waals surface area contributed by atoms with Crippen LogP contribution in [0.4, 0.5) is 5.69 Å². The van der Waals surface area contributed by atoms with Crippen molar-refractivity contribution in [3.05, 3.63) is 27.7 Å². The molecule has 1 saturated heterocycles. The van der Waals surface area contributed by atoms with Crippen molar-refractivity contribution in [1.29, 1.82) is 0 Å². The van der Waals surface area contributed by atoms with Crippen molar-refractivity contribution in [2.24, 2.45) is 0 Å². The maximum Gasteiger partial charge on any atom is 0.299 e. The number of hydrogen-bond donors (Lipinski definition) is 0. The smallest absolute Gasteiger partial charge is 0.299 e. The number of fused-ring (bicyclic) bond motifs is 1.